The third kappa shape index (κ3) is 5.00. The van der Waals surface area contributed by atoms with Crippen LogP contribution in [0.25, 0.3) is 0 Å². The van der Waals surface area contributed by atoms with Crippen molar-refractivity contribution in [3.63, 3.8) is 0 Å². The molecule has 0 radical (unpaired) electrons. The van der Waals surface area contributed by atoms with Gasteiger partial charge >= 0.3 is 12.1 Å². The van der Waals surface area contributed by atoms with Crippen molar-refractivity contribution in [3.05, 3.63) is 12.7 Å². The Morgan fingerprint density at radius 2 is 2.00 bits per heavy atom. The molecule has 128 valence electrons. The van der Waals surface area contributed by atoms with Crippen LogP contribution in [0.2, 0.25) is 0 Å². The van der Waals surface area contributed by atoms with Crippen molar-refractivity contribution >= 4 is 5.97 Å². The van der Waals surface area contributed by atoms with Crippen molar-refractivity contribution < 1.29 is 27.8 Å². The van der Waals surface area contributed by atoms with E-state index in [9.17, 15) is 23.1 Å². The molecule has 2 aliphatic carbocycles. The first-order valence-corrected chi connectivity index (χ1v) is 7.69. The van der Waals surface area contributed by atoms with Crippen molar-refractivity contribution in [1.82, 2.24) is 0 Å². The minimum atomic E-state index is -4.49. The summed E-state index contributed by atoms with van der Waals surface area (Å²) in [5.74, 6) is 0.788. The number of alkyl halides is 3. The zero-order valence-electron chi connectivity index (χ0n) is 13.2. The molecule has 2 bridgehead atoms. The van der Waals surface area contributed by atoms with Gasteiger partial charge in [0.2, 0.25) is 0 Å². The summed E-state index contributed by atoms with van der Waals surface area (Å²) in [6.07, 6.45) is 0.740. The Hall–Kier alpha value is -1.04. The first-order chi connectivity index (χ1) is 10.1. The SMILES string of the molecule is C=CC(=O)OCC.CC(O)(CC1CC2CCC1C2)C(F)(F)F. The van der Waals surface area contributed by atoms with E-state index in [-0.39, 0.29) is 18.3 Å². The van der Waals surface area contributed by atoms with Crippen LogP contribution in [0, 0.1) is 17.8 Å². The monoisotopic (exact) mass is 322 g/mol. The Morgan fingerprint density at radius 1 is 1.36 bits per heavy atom. The third-order valence-electron chi connectivity index (χ3n) is 4.61. The summed E-state index contributed by atoms with van der Waals surface area (Å²) >= 11 is 0. The predicted octanol–water partition coefficient (Wildman–Crippen LogP) is 3.86. The van der Waals surface area contributed by atoms with Crippen LogP contribution in [0.1, 0.15) is 46.0 Å². The maximum atomic E-state index is 12.5. The molecule has 0 heterocycles. The Morgan fingerprint density at radius 3 is 2.32 bits per heavy atom. The Kier molecular flexibility index (Phi) is 6.47. The number of aliphatic hydroxyl groups is 1. The molecule has 4 unspecified atom stereocenters. The van der Waals surface area contributed by atoms with Crippen LogP contribution in [0.5, 0.6) is 0 Å². The molecule has 22 heavy (non-hydrogen) atoms. The number of hydrogen-bond acceptors (Lipinski definition) is 3. The van der Waals surface area contributed by atoms with E-state index in [0.717, 1.165) is 32.3 Å². The highest BCUT2D eigenvalue weighted by Crippen LogP contribution is 2.52. The molecular weight excluding hydrogens is 297 g/mol. The van der Waals surface area contributed by atoms with Gasteiger partial charge in [-0.1, -0.05) is 13.0 Å². The molecule has 3 nitrogen and oxygen atoms in total. The fourth-order valence-electron chi connectivity index (χ4n) is 3.45. The van der Waals surface area contributed by atoms with E-state index in [1.807, 2.05) is 0 Å². The molecule has 2 rings (SSSR count). The smallest absolute Gasteiger partial charge is 0.416 e. The van der Waals surface area contributed by atoms with E-state index < -0.39 is 11.8 Å². The normalized spacial score (nSPS) is 29.3. The van der Waals surface area contributed by atoms with Gasteiger partial charge in [0.15, 0.2) is 5.60 Å². The lowest BCUT2D eigenvalue weighted by Gasteiger charge is -2.32. The van der Waals surface area contributed by atoms with E-state index in [0.29, 0.717) is 18.4 Å². The molecule has 0 saturated heterocycles. The van der Waals surface area contributed by atoms with Crippen molar-refractivity contribution in [2.75, 3.05) is 6.61 Å². The standard InChI is InChI=1S/C11H17F3O.C5H8O2/c1-10(15,11(12,13)14)6-9-5-7-2-3-8(9)4-7;1-3-5(6)7-4-2/h7-9,15H,2-6H2,1H3;3H,1,4H2,2H3. The minimum absolute atomic E-state index is 0.0837. The molecule has 1 N–H and O–H groups in total. The zero-order valence-corrected chi connectivity index (χ0v) is 13.2. The molecule has 0 aromatic carbocycles. The molecule has 0 aliphatic heterocycles. The van der Waals surface area contributed by atoms with Crippen LogP contribution in [0.3, 0.4) is 0 Å². The average Bonchev–Trinajstić information content (AvgIpc) is 3.00. The lowest BCUT2D eigenvalue weighted by molar-refractivity contribution is -0.259. The topological polar surface area (TPSA) is 46.5 Å². The van der Waals surface area contributed by atoms with Crippen LogP contribution in [0.15, 0.2) is 12.7 Å². The average molecular weight is 322 g/mol. The van der Waals surface area contributed by atoms with Crippen LogP contribution in [-0.4, -0.2) is 29.5 Å². The largest absolute Gasteiger partial charge is 0.463 e. The van der Waals surface area contributed by atoms with Gasteiger partial charge in [-0.15, -0.1) is 0 Å². The lowest BCUT2D eigenvalue weighted by atomic mass is 9.81. The van der Waals surface area contributed by atoms with E-state index in [4.69, 9.17) is 0 Å². The molecule has 2 fully saturated rings. The van der Waals surface area contributed by atoms with E-state index in [1.165, 1.54) is 6.42 Å². The van der Waals surface area contributed by atoms with Gasteiger partial charge in [-0.3, -0.25) is 0 Å². The minimum Gasteiger partial charge on any atom is -0.463 e. The summed E-state index contributed by atoms with van der Waals surface area (Å²) in [5, 5.41) is 9.41. The second-order valence-corrected chi connectivity index (χ2v) is 6.37. The van der Waals surface area contributed by atoms with Crippen LogP contribution in [-0.2, 0) is 9.53 Å². The van der Waals surface area contributed by atoms with Gasteiger partial charge in [-0.05, 0) is 57.3 Å². The Balaban J connectivity index is 0.000000295. The molecule has 0 amide bonds. The van der Waals surface area contributed by atoms with Crippen LogP contribution in [0.4, 0.5) is 13.2 Å². The van der Waals surface area contributed by atoms with Gasteiger partial charge in [-0.25, -0.2) is 4.79 Å². The van der Waals surface area contributed by atoms with Crippen molar-refractivity contribution in [2.24, 2.45) is 17.8 Å². The maximum Gasteiger partial charge on any atom is 0.416 e. The Bertz CT molecular complexity index is 391. The van der Waals surface area contributed by atoms with E-state index in [2.05, 4.69) is 11.3 Å². The highest BCUT2D eigenvalue weighted by Gasteiger charge is 2.53. The highest BCUT2D eigenvalue weighted by molar-refractivity contribution is 5.81. The lowest BCUT2D eigenvalue weighted by Crippen LogP contribution is -2.44. The number of fused-ring (bicyclic) bond motifs is 2. The summed E-state index contributed by atoms with van der Waals surface area (Å²) in [7, 11) is 0. The predicted molar refractivity (Wildman–Crippen MR) is 77.1 cm³/mol. The summed E-state index contributed by atoms with van der Waals surface area (Å²) in [6.45, 7) is 6.28. The second kappa shape index (κ2) is 7.49. The van der Waals surface area contributed by atoms with Gasteiger partial charge in [0, 0.05) is 6.08 Å². The fourth-order valence-corrected chi connectivity index (χ4v) is 3.45. The summed E-state index contributed by atoms with van der Waals surface area (Å²) in [6, 6.07) is 0. The molecule has 4 atom stereocenters. The molecule has 0 aromatic rings. The van der Waals surface area contributed by atoms with E-state index in [1.54, 1.807) is 6.92 Å². The molecule has 2 saturated carbocycles. The number of hydrogen-bond donors (Lipinski definition) is 1. The summed E-state index contributed by atoms with van der Waals surface area (Å²) in [5.41, 5.74) is -2.50. The molecule has 0 aromatic heterocycles. The third-order valence-corrected chi connectivity index (χ3v) is 4.61. The molecular formula is C16H25F3O3. The van der Waals surface area contributed by atoms with Gasteiger partial charge in [0.1, 0.15) is 0 Å². The number of esters is 1. The fraction of sp³-hybridized carbons (Fsp3) is 0.812. The van der Waals surface area contributed by atoms with Gasteiger partial charge in [0.25, 0.3) is 0 Å². The van der Waals surface area contributed by atoms with Gasteiger partial charge < -0.3 is 9.84 Å². The maximum absolute atomic E-state index is 12.5. The molecule has 6 heteroatoms. The van der Waals surface area contributed by atoms with Gasteiger partial charge in [0.05, 0.1) is 6.61 Å². The van der Waals surface area contributed by atoms with Crippen molar-refractivity contribution in [3.8, 4) is 0 Å². The zero-order chi connectivity index (χ0) is 17.0. The number of ether oxygens (including phenoxy) is 1. The quantitative estimate of drug-likeness (QED) is 0.631. The summed E-state index contributed by atoms with van der Waals surface area (Å²) < 4.78 is 41.9. The first kappa shape index (κ1) is 19.0. The van der Waals surface area contributed by atoms with Crippen molar-refractivity contribution in [2.45, 2.75) is 57.7 Å². The highest BCUT2D eigenvalue weighted by atomic mass is 19.4. The summed E-state index contributed by atoms with van der Waals surface area (Å²) in [4.78, 5) is 10.1. The first-order valence-electron chi connectivity index (χ1n) is 7.69. The molecule has 2 aliphatic rings. The Labute approximate surface area is 129 Å². The van der Waals surface area contributed by atoms with Crippen LogP contribution < -0.4 is 0 Å². The van der Waals surface area contributed by atoms with Crippen LogP contribution >= 0.6 is 0 Å². The number of rotatable bonds is 4. The second-order valence-electron chi connectivity index (χ2n) is 6.37. The molecule has 0 spiro atoms. The van der Waals surface area contributed by atoms with E-state index >= 15 is 0 Å². The van der Waals surface area contributed by atoms with Crippen molar-refractivity contribution in [1.29, 1.82) is 0 Å². The number of carbonyl (C=O) groups excluding carboxylic acids is 1. The number of halogens is 3. The van der Waals surface area contributed by atoms with Gasteiger partial charge in [-0.2, -0.15) is 13.2 Å². The number of carbonyl (C=O) groups is 1.